The first-order chi connectivity index (χ1) is 15.6. The molecule has 0 fully saturated rings. The van der Waals surface area contributed by atoms with Gasteiger partial charge < -0.3 is 8.83 Å². The fourth-order valence-electron chi connectivity index (χ4n) is 3.65. The van der Waals surface area contributed by atoms with Crippen LogP contribution in [-0.2, 0) is 0 Å². The van der Waals surface area contributed by atoms with Gasteiger partial charge in [-0.2, -0.15) is 9.50 Å². The van der Waals surface area contributed by atoms with Crippen LogP contribution < -0.4 is 10.1 Å². The maximum Gasteiger partial charge on any atom is 0.291 e. The van der Waals surface area contributed by atoms with Crippen molar-refractivity contribution in [2.45, 2.75) is 6.92 Å². The number of furan rings is 2. The van der Waals surface area contributed by atoms with E-state index in [1.807, 2.05) is 55.5 Å². The molecule has 8 heteroatoms. The molecule has 32 heavy (non-hydrogen) atoms. The van der Waals surface area contributed by atoms with Crippen LogP contribution in [0.15, 0.2) is 74.3 Å². The van der Waals surface area contributed by atoms with E-state index in [4.69, 9.17) is 20.4 Å². The number of hydrogen-bond acceptors (Lipinski definition) is 6. The summed E-state index contributed by atoms with van der Waals surface area (Å²) < 4.78 is 13.6. The molecule has 0 saturated carbocycles. The summed E-state index contributed by atoms with van der Waals surface area (Å²) >= 11 is 7.20. The normalized spacial score (nSPS) is 12.4. The highest BCUT2D eigenvalue weighted by Crippen LogP contribution is 2.31. The third-order valence-electron chi connectivity index (χ3n) is 5.26. The largest absolute Gasteiger partial charge is 0.457 e. The van der Waals surface area contributed by atoms with Crippen LogP contribution in [0, 0.1) is 6.92 Å². The van der Waals surface area contributed by atoms with Crippen LogP contribution in [-0.4, -0.2) is 14.6 Å². The van der Waals surface area contributed by atoms with E-state index in [0.29, 0.717) is 37.6 Å². The number of aryl methyl sites for hydroxylation is 1. The molecule has 0 aliphatic carbocycles. The Morgan fingerprint density at radius 3 is 2.62 bits per heavy atom. The number of benzene rings is 2. The molecule has 2 aromatic carbocycles. The summed E-state index contributed by atoms with van der Waals surface area (Å²) in [7, 11) is 0. The summed E-state index contributed by atoms with van der Waals surface area (Å²) in [6.07, 6.45) is 1.70. The highest BCUT2D eigenvalue weighted by molar-refractivity contribution is 7.15. The molecule has 0 bridgehead atoms. The number of para-hydroxylation sites is 1. The Kier molecular flexibility index (Phi) is 4.28. The van der Waals surface area contributed by atoms with Crippen LogP contribution in [0.3, 0.4) is 0 Å². The van der Waals surface area contributed by atoms with Gasteiger partial charge >= 0.3 is 0 Å². The lowest BCUT2D eigenvalue weighted by molar-refractivity contribution is 0.571. The van der Waals surface area contributed by atoms with Crippen molar-refractivity contribution < 1.29 is 8.83 Å². The first kappa shape index (κ1) is 19.0. The lowest BCUT2D eigenvalue weighted by Gasteiger charge is -1.96. The topological polar surface area (TPSA) is 73.5 Å². The van der Waals surface area contributed by atoms with Gasteiger partial charge in [-0.05, 0) is 49.4 Å². The molecule has 6 rings (SSSR count). The van der Waals surface area contributed by atoms with Crippen molar-refractivity contribution in [3.8, 4) is 22.9 Å². The first-order valence-electron chi connectivity index (χ1n) is 9.82. The quantitative estimate of drug-likeness (QED) is 0.357. The average molecular weight is 460 g/mol. The molecule has 0 saturated heterocycles. The minimum Gasteiger partial charge on any atom is -0.457 e. The highest BCUT2D eigenvalue weighted by atomic mass is 35.5. The second kappa shape index (κ2) is 7.19. The summed E-state index contributed by atoms with van der Waals surface area (Å²) in [5, 5.41) is 6.08. The second-order valence-electron chi connectivity index (χ2n) is 7.31. The number of nitrogens with zero attached hydrogens (tertiary/aromatic N) is 3. The van der Waals surface area contributed by atoms with Crippen molar-refractivity contribution in [1.29, 1.82) is 0 Å². The van der Waals surface area contributed by atoms with Crippen molar-refractivity contribution in [2.75, 3.05) is 0 Å². The summed E-state index contributed by atoms with van der Waals surface area (Å²) in [5.41, 5.74) is 2.37. The van der Waals surface area contributed by atoms with Crippen molar-refractivity contribution in [1.82, 2.24) is 14.6 Å². The van der Waals surface area contributed by atoms with E-state index in [-0.39, 0.29) is 5.56 Å². The van der Waals surface area contributed by atoms with E-state index >= 15 is 0 Å². The zero-order chi connectivity index (χ0) is 21.8. The Hall–Kier alpha value is -3.68. The third kappa shape index (κ3) is 3.05. The Labute approximate surface area is 190 Å². The van der Waals surface area contributed by atoms with Gasteiger partial charge in [0.1, 0.15) is 21.6 Å². The minimum atomic E-state index is -0.248. The Bertz CT molecular complexity index is 1720. The van der Waals surface area contributed by atoms with E-state index in [2.05, 4.69) is 10.1 Å². The van der Waals surface area contributed by atoms with Crippen molar-refractivity contribution >= 4 is 44.9 Å². The van der Waals surface area contributed by atoms with Crippen LogP contribution in [0.1, 0.15) is 11.3 Å². The first-order valence-corrected chi connectivity index (χ1v) is 11.0. The van der Waals surface area contributed by atoms with Gasteiger partial charge in [-0.15, -0.1) is 5.10 Å². The molecule has 156 valence electrons. The zero-order valence-corrected chi connectivity index (χ0v) is 18.3. The van der Waals surface area contributed by atoms with Gasteiger partial charge in [0.2, 0.25) is 10.8 Å². The van der Waals surface area contributed by atoms with Crippen LogP contribution in [0.25, 0.3) is 44.9 Å². The van der Waals surface area contributed by atoms with Crippen molar-refractivity contribution in [3.05, 3.63) is 91.9 Å². The number of halogens is 1. The summed E-state index contributed by atoms with van der Waals surface area (Å²) in [4.78, 5) is 17.9. The van der Waals surface area contributed by atoms with Crippen LogP contribution >= 0.6 is 22.9 Å². The average Bonchev–Trinajstić information content (AvgIpc) is 3.55. The lowest BCUT2D eigenvalue weighted by atomic mass is 10.1. The molecule has 0 aliphatic heterocycles. The van der Waals surface area contributed by atoms with Crippen LogP contribution in [0.2, 0.25) is 5.02 Å². The molecule has 0 radical (unpaired) electrons. The Morgan fingerprint density at radius 2 is 1.84 bits per heavy atom. The van der Waals surface area contributed by atoms with Gasteiger partial charge in [-0.3, -0.25) is 4.79 Å². The molecular formula is C24H14ClN3O3S. The molecule has 0 unspecified atom stereocenters. The fourth-order valence-corrected chi connectivity index (χ4v) is 4.66. The maximum atomic E-state index is 12.9. The molecule has 4 aromatic heterocycles. The van der Waals surface area contributed by atoms with Crippen molar-refractivity contribution in [3.63, 3.8) is 0 Å². The number of thiazole rings is 1. The SMILES string of the molecule is Cc1c(-c2nc3s/c(=C\c4ccc(-c5ccc(Cl)cc5)o4)c(=O)n3n2)oc2ccccc12. The molecule has 4 heterocycles. The van der Waals surface area contributed by atoms with Gasteiger partial charge in [0.05, 0.1) is 0 Å². The third-order valence-corrected chi connectivity index (χ3v) is 6.47. The van der Waals surface area contributed by atoms with Crippen LogP contribution in [0.4, 0.5) is 0 Å². The standard InChI is InChI=1S/C24H14ClN3O3S/c1-13-17-4-2-3-5-19(17)31-21(13)22-26-24-28(27-22)23(29)20(32-24)12-16-10-11-18(30-16)14-6-8-15(25)9-7-14/h2-12H,1H3/b20-12-. The predicted octanol–water partition coefficient (Wildman–Crippen LogP) is 5.33. The summed E-state index contributed by atoms with van der Waals surface area (Å²) in [5.74, 6) is 2.25. The molecule has 0 atom stereocenters. The van der Waals surface area contributed by atoms with Gasteiger partial charge in [-0.1, -0.05) is 41.1 Å². The van der Waals surface area contributed by atoms with Crippen LogP contribution in [0.5, 0.6) is 0 Å². The van der Waals surface area contributed by atoms with Gasteiger partial charge in [0.25, 0.3) is 5.56 Å². The number of rotatable bonds is 3. The molecule has 0 amide bonds. The molecule has 6 nitrogen and oxygen atoms in total. The van der Waals surface area contributed by atoms with E-state index in [9.17, 15) is 4.79 Å². The summed E-state index contributed by atoms with van der Waals surface area (Å²) in [6.45, 7) is 1.96. The Morgan fingerprint density at radius 1 is 1.03 bits per heavy atom. The highest BCUT2D eigenvalue weighted by Gasteiger charge is 2.19. The Balaban J connectivity index is 1.39. The van der Waals surface area contributed by atoms with E-state index in [1.165, 1.54) is 15.9 Å². The van der Waals surface area contributed by atoms with E-state index in [1.54, 1.807) is 18.2 Å². The smallest absolute Gasteiger partial charge is 0.291 e. The van der Waals surface area contributed by atoms with E-state index in [0.717, 1.165) is 22.1 Å². The van der Waals surface area contributed by atoms with Crippen molar-refractivity contribution in [2.24, 2.45) is 0 Å². The number of aromatic nitrogens is 3. The lowest BCUT2D eigenvalue weighted by Crippen LogP contribution is -2.23. The zero-order valence-electron chi connectivity index (χ0n) is 16.7. The molecule has 0 spiro atoms. The molecule has 0 N–H and O–H groups in total. The van der Waals surface area contributed by atoms with Gasteiger partial charge in [-0.25, -0.2) is 0 Å². The fraction of sp³-hybridized carbons (Fsp3) is 0.0417. The molecular weight excluding hydrogens is 446 g/mol. The van der Waals surface area contributed by atoms with E-state index < -0.39 is 0 Å². The van der Waals surface area contributed by atoms with Gasteiger partial charge in [0.15, 0.2) is 5.76 Å². The molecule has 0 aliphatic rings. The monoisotopic (exact) mass is 459 g/mol. The number of hydrogen-bond donors (Lipinski definition) is 0. The second-order valence-corrected chi connectivity index (χ2v) is 8.75. The predicted molar refractivity (Wildman–Crippen MR) is 125 cm³/mol. The van der Waals surface area contributed by atoms with Gasteiger partial charge in [0, 0.05) is 27.6 Å². The molecule has 6 aromatic rings. The number of fused-ring (bicyclic) bond motifs is 2. The summed E-state index contributed by atoms with van der Waals surface area (Å²) in [6, 6.07) is 18.8. The minimum absolute atomic E-state index is 0.248. The maximum absolute atomic E-state index is 12.9.